The van der Waals surface area contributed by atoms with Crippen molar-refractivity contribution >= 4 is 34.2 Å². The number of allylic oxidation sites excluding steroid dienone is 1. The third kappa shape index (κ3) is 2.17. The van der Waals surface area contributed by atoms with Crippen molar-refractivity contribution in [1.82, 2.24) is 0 Å². The van der Waals surface area contributed by atoms with Crippen LogP contribution in [0.3, 0.4) is 0 Å². The molecule has 0 radical (unpaired) electrons. The van der Waals surface area contributed by atoms with Crippen LogP contribution in [-0.2, 0) is 15.1 Å². The van der Waals surface area contributed by atoms with Crippen molar-refractivity contribution in [3.05, 3.63) is 50.4 Å². The van der Waals surface area contributed by atoms with E-state index in [1.165, 1.54) is 5.57 Å². The van der Waals surface area contributed by atoms with Crippen molar-refractivity contribution < 1.29 is 9.53 Å². The summed E-state index contributed by atoms with van der Waals surface area (Å²) < 4.78 is 6.47. The minimum atomic E-state index is -0.869. The monoisotopic (exact) mass is 332 g/mol. The molecule has 1 aliphatic heterocycles. The Hall–Kier alpha value is -1.39. The van der Waals surface area contributed by atoms with Crippen molar-refractivity contribution in [1.29, 1.82) is 0 Å². The van der Waals surface area contributed by atoms with Crippen LogP contribution in [0.15, 0.2) is 40.6 Å². The fourth-order valence-corrected chi connectivity index (χ4v) is 5.03. The maximum Gasteiger partial charge on any atom is 0.203 e. The van der Waals surface area contributed by atoms with Gasteiger partial charge in [0.1, 0.15) is 5.76 Å². The fraction of sp³-hybridized carbons (Fsp3) is 0.389. The van der Waals surface area contributed by atoms with Gasteiger partial charge >= 0.3 is 0 Å². The summed E-state index contributed by atoms with van der Waals surface area (Å²) in [5.74, 6) is 1.35. The minimum Gasteiger partial charge on any atom is -0.472 e. The maximum atomic E-state index is 12.7. The molecule has 3 unspecified atom stereocenters. The molecule has 2 aromatic heterocycles. The number of hydrogen-bond donors (Lipinski definition) is 0. The van der Waals surface area contributed by atoms with Gasteiger partial charge in [-0.3, -0.25) is 4.79 Å². The van der Waals surface area contributed by atoms with Crippen LogP contribution in [0, 0.1) is 11.8 Å². The zero-order valence-electron chi connectivity index (χ0n) is 13.3. The third-order valence-corrected chi connectivity index (χ3v) is 6.71. The van der Waals surface area contributed by atoms with Gasteiger partial charge in [0.15, 0.2) is 5.78 Å². The highest BCUT2D eigenvalue weighted by molar-refractivity contribution is 7.11. The zero-order valence-corrected chi connectivity index (χ0v) is 14.9. The highest BCUT2D eigenvalue weighted by Gasteiger charge is 2.52. The molecule has 0 amide bonds. The lowest BCUT2D eigenvalue weighted by atomic mass is 9.72. The molecule has 3 heterocycles. The van der Waals surface area contributed by atoms with Gasteiger partial charge in [0.25, 0.3) is 0 Å². The predicted molar refractivity (Wildman–Crippen MR) is 93.0 cm³/mol. The molecule has 116 valence electrons. The number of carbonyl (C=O) groups excluding carboxylic acids is 1. The zero-order chi connectivity index (χ0) is 15.9. The van der Waals surface area contributed by atoms with Crippen molar-refractivity contribution in [2.75, 3.05) is 0 Å². The molecule has 0 saturated heterocycles. The number of Topliss-reactive ketones (excluding diaryl/α,β-unsaturated/α-hetero) is 1. The molecule has 1 aliphatic rings. The second kappa shape index (κ2) is 5.67. The Kier molecular flexibility index (Phi) is 4.00. The number of rotatable bonds is 3. The van der Waals surface area contributed by atoms with Crippen LogP contribution in [0.25, 0.3) is 5.76 Å². The quantitative estimate of drug-likeness (QED) is 0.759. The van der Waals surface area contributed by atoms with Crippen LogP contribution in [-0.4, -0.2) is 5.78 Å². The largest absolute Gasteiger partial charge is 0.472 e. The molecular formula is C18H20O2S2. The van der Waals surface area contributed by atoms with E-state index in [-0.39, 0.29) is 17.6 Å². The third-order valence-electron chi connectivity index (χ3n) is 4.85. The summed E-state index contributed by atoms with van der Waals surface area (Å²) in [6.45, 7) is 8.09. The molecule has 0 aromatic carbocycles. The van der Waals surface area contributed by atoms with Crippen LogP contribution < -0.4 is 0 Å². The molecular weight excluding hydrogens is 312 g/mol. The van der Waals surface area contributed by atoms with E-state index in [0.29, 0.717) is 0 Å². The first kappa shape index (κ1) is 15.5. The lowest BCUT2D eigenvalue weighted by Gasteiger charge is -2.45. The number of thiophene rings is 2. The molecule has 0 spiro atoms. The first-order chi connectivity index (χ1) is 10.5. The molecule has 0 fully saturated rings. The number of ketones is 1. The van der Waals surface area contributed by atoms with Crippen molar-refractivity contribution in [3.8, 4) is 0 Å². The first-order valence-corrected chi connectivity index (χ1v) is 9.23. The summed E-state index contributed by atoms with van der Waals surface area (Å²) in [6.07, 6.45) is 0. The smallest absolute Gasteiger partial charge is 0.203 e. The van der Waals surface area contributed by atoms with Crippen LogP contribution in [0.5, 0.6) is 0 Å². The molecule has 4 heteroatoms. The molecule has 3 rings (SSSR count). The van der Waals surface area contributed by atoms with E-state index in [9.17, 15) is 4.79 Å². The Morgan fingerprint density at radius 1 is 1.18 bits per heavy atom. The highest BCUT2D eigenvalue weighted by Crippen LogP contribution is 2.51. The lowest BCUT2D eigenvalue weighted by molar-refractivity contribution is -0.144. The SMILES string of the molecule is CC(=O)C1(c2cccs2)OC(c2cccs2)=C(C)C(C)C1C. The molecule has 3 atom stereocenters. The van der Waals surface area contributed by atoms with E-state index < -0.39 is 5.60 Å². The van der Waals surface area contributed by atoms with Gasteiger partial charge < -0.3 is 4.74 Å². The number of ether oxygens (including phenoxy) is 1. The van der Waals surface area contributed by atoms with Crippen LogP contribution >= 0.6 is 22.7 Å². The molecule has 0 bridgehead atoms. The molecule has 0 N–H and O–H groups in total. The Bertz CT molecular complexity index is 698. The topological polar surface area (TPSA) is 26.3 Å². The molecule has 2 aromatic rings. The summed E-state index contributed by atoms with van der Waals surface area (Å²) in [7, 11) is 0. The second-order valence-corrected chi connectivity index (χ2v) is 7.83. The molecule has 2 nitrogen and oxygen atoms in total. The van der Waals surface area contributed by atoms with E-state index in [1.807, 2.05) is 29.0 Å². The summed E-state index contributed by atoms with van der Waals surface area (Å²) >= 11 is 3.25. The Balaban J connectivity index is 2.19. The Morgan fingerprint density at radius 3 is 2.41 bits per heavy atom. The van der Waals surface area contributed by atoms with Gasteiger partial charge in [-0.2, -0.15) is 0 Å². The van der Waals surface area contributed by atoms with Gasteiger partial charge in [0.05, 0.1) is 9.75 Å². The van der Waals surface area contributed by atoms with Crippen LogP contribution in [0.2, 0.25) is 0 Å². The lowest BCUT2D eigenvalue weighted by Crippen LogP contribution is -2.47. The normalized spacial score (nSPS) is 28.5. The van der Waals surface area contributed by atoms with Gasteiger partial charge in [-0.1, -0.05) is 26.0 Å². The second-order valence-electron chi connectivity index (χ2n) is 5.94. The van der Waals surface area contributed by atoms with Gasteiger partial charge in [-0.05, 0) is 48.2 Å². The van der Waals surface area contributed by atoms with E-state index in [0.717, 1.165) is 15.5 Å². The molecule has 0 aliphatic carbocycles. The van der Waals surface area contributed by atoms with Gasteiger partial charge in [-0.25, -0.2) is 0 Å². The van der Waals surface area contributed by atoms with Crippen LogP contribution in [0.4, 0.5) is 0 Å². The fourth-order valence-electron chi connectivity index (χ4n) is 3.25. The number of carbonyl (C=O) groups is 1. The van der Waals surface area contributed by atoms with Crippen molar-refractivity contribution in [2.24, 2.45) is 11.8 Å². The summed E-state index contributed by atoms with van der Waals surface area (Å²) in [6, 6.07) is 8.09. The molecule has 0 saturated carbocycles. The number of hydrogen-bond acceptors (Lipinski definition) is 4. The van der Waals surface area contributed by atoms with Crippen molar-refractivity contribution in [2.45, 2.75) is 33.3 Å². The van der Waals surface area contributed by atoms with Crippen LogP contribution in [0.1, 0.15) is 37.4 Å². The van der Waals surface area contributed by atoms with E-state index in [1.54, 1.807) is 29.6 Å². The van der Waals surface area contributed by atoms with E-state index >= 15 is 0 Å². The Morgan fingerprint density at radius 2 is 1.86 bits per heavy atom. The summed E-state index contributed by atoms with van der Waals surface area (Å²) in [4.78, 5) is 14.8. The first-order valence-electron chi connectivity index (χ1n) is 7.47. The van der Waals surface area contributed by atoms with Gasteiger partial charge in [0, 0.05) is 5.92 Å². The Labute approximate surface area is 139 Å². The average molecular weight is 332 g/mol. The predicted octanol–water partition coefficient (Wildman–Crippen LogP) is 5.33. The minimum absolute atomic E-state index is 0.0795. The van der Waals surface area contributed by atoms with E-state index in [4.69, 9.17) is 4.74 Å². The summed E-state index contributed by atoms with van der Waals surface area (Å²) in [5.41, 5.74) is 0.357. The highest BCUT2D eigenvalue weighted by atomic mass is 32.1. The average Bonchev–Trinajstić information content (AvgIpc) is 3.18. The van der Waals surface area contributed by atoms with Crippen molar-refractivity contribution in [3.63, 3.8) is 0 Å². The van der Waals surface area contributed by atoms with Gasteiger partial charge in [0.2, 0.25) is 5.60 Å². The van der Waals surface area contributed by atoms with Gasteiger partial charge in [-0.15, -0.1) is 22.7 Å². The van der Waals surface area contributed by atoms with E-state index in [2.05, 4.69) is 26.8 Å². The standard InChI is InChI=1S/C18H20O2S2/c1-11-12(2)17(15-7-5-9-21-15)20-18(13(11)3,14(4)19)16-8-6-10-22-16/h5-11,13H,1-4H3. The summed E-state index contributed by atoms with van der Waals surface area (Å²) in [5, 5.41) is 4.05. The maximum absolute atomic E-state index is 12.7. The molecule has 22 heavy (non-hydrogen) atoms.